The third-order valence-corrected chi connectivity index (χ3v) is 3.73. The first kappa shape index (κ1) is 18.4. The summed E-state index contributed by atoms with van der Waals surface area (Å²) in [6.07, 6.45) is -3.17. The quantitative estimate of drug-likeness (QED) is 0.742. The number of rotatable bonds is 5. The maximum atomic E-state index is 13.0. The second kappa shape index (κ2) is 7.48. The number of aromatic nitrogens is 2. The number of halogens is 3. The van der Waals surface area contributed by atoms with Gasteiger partial charge in [0.25, 0.3) is 11.5 Å². The molecule has 0 unspecified atom stereocenters. The summed E-state index contributed by atoms with van der Waals surface area (Å²) in [7, 11) is 0. The number of alkyl halides is 3. The summed E-state index contributed by atoms with van der Waals surface area (Å²) in [5.74, 6) is -0.412. The van der Waals surface area contributed by atoms with Crippen molar-refractivity contribution >= 4 is 5.91 Å². The van der Waals surface area contributed by atoms with E-state index in [-0.39, 0.29) is 13.1 Å². The number of benzene rings is 1. The lowest BCUT2D eigenvalue weighted by atomic mass is 10.1. The zero-order valence-electron chi connectivity index (χ0n) is 13.9. The molecule has 140 valence electrons. The average Bonchev–Trinajstić information content (AvgIpc) is 3.17. The van der Waals surface area contributed by atoms with Gasteiger partial charge >= 0.3 is 6.18 Å². The van der Waals surface area contributed by atoms with Crippen LogP contribution in [0.25, 0.3) is 11.5 Å². The van der Waals surface area contributed by atoms with E-state index in [1.807, 2.05) is 0 Å². The third kappa shape index (κ3) is 4.25. The molecular weight excluding hydrogens is 363 g/mol. The van der Waals surface area contributed by atoms with Crippen LogP contribution in [0.5, 0.6) is 0 Å². The van der Waals surface area contributed by atoms with E-state index in [0.29, 0.717) is 11.5 Å². The van der Waals surface area contributed by atoms with Gasteiger partial charge in [0, 0.05) is 12.6 Å². The van der Waals surface area contributed by atoms with Crippen molar-refractivity contribution in [1.29, 1.82) is 0 Å². The molecule has 2 aromatic heterocycles. The standard InChI is InChI=1S/C18H14F3N3O3/c19-18(20,21)13-5-2-1-4-12(13)17(26)22-9-10-24-16(25)8-7-14(23-24)15-6-3-11-27-15/h1-8,11H,9-10H2,(H,22,26). The fourth-order valence-electron chi connectivity index (χ4n) is 2.46. The molecule has 0 aliphatic carbocycles. The molecule has 27 heavy (non-hydrogen) atoms. The highest BCUT2D eigenvalue weighted by atomic mass is 19.4. The van der Waals surface area contributed by atoms with Crippen molar-refractivity contribution in [3.05, 3.63) is 76.3 Å². The predicted molar refractivity (Wildman–Crippen MR) is 90.0 cm³/mol. The van der Waals surface area contributed by atoms with Crippen molar-refractivity contribution in [2.75, 3.05) is 6.54 Å². The molecule has 2 heterocycles. The lowest BCUT2D eigenvalue weighted by molar-refractivity contribution is -0.137. The van der Waals surface area contributed by atoms with Crippen LogP contribution in [0.2, 0.25) is 0 Å². The van der Waals surface area contributed by atoms with Gasteiger partial charge in [0.1, 0.15) is 5.69 Å². The minimum Gasteiger partial charge on any atom is -0.463 e. The summed E-state index contributed by atoms with van der Waals surface area (Å²) in [5.41, 5.74) is -1.48. The van der Waals surface area contributed by atoms with Gasteiger partial charge in [0.2, 0.25) is 0 Å². The molecule has 0 saturated carbocycles. The van der Waals surface area contributed by atoms with E-state index in [0.717, 1.165) is 16.8 Å². The van der Waals surface area contributed by atoms with Crippen LogP contribution in [0, 0.1) is 0 Å². The largest absolute Gasteiger partial charge is 0.463 e. The molecule has 1 aromatic carbocycles. The van der Waals surface area contributed by atoms with Gasteiger partial charge in [-0.25, -0.2) is 4.68 Å². The number of carbonyl (C=O) groups is 1. The van der Waals surface area contributed by atoms with Crippen LogP contribution in [0.4, 0.5) is 13.2 Å². The molecule has 6 nitrogen and oxygen atoms in total. The molecule has 0 aliphatic rings. The van der Waals surface area contributed by atoms with Gasteiger partial charge in [-0.15, -0.1) is 0 Å². The van der Waals surface area contributed by atoms with Crippen molar-refractivity contribution in [3.8, 4) is 11.5 Å². The fourth-order valence-corrected chi connectivity index (χ4v) is 2.46. The number of carbonyl (C=O) groups excluding carboxylic acids is 1. The van der Waals surface area contributed by atoms with Gasteiger partial charge < -0.3 is 9.73 Å². The average molecular weight is 377 g/mol. The second-order valence-corrected chi connectivity index (χ2v) is 5.56. The summed E-state index contributed by atoms with van der Waals surface area (Å²) in [4.78, 5) is 24.0. The Bertz CT molecular complexity index is 995. The van der Waals surface area contributed by atoms with E-state index < -0.39 is 28.8 Å². The van der Waals surface area contributed by atoms with Crippen molar-refractivity contribution in [3.63, 3.8) is 0 Å². The number of furan rings is 1. The molecule has 1 amide bonds. The fraction of sp³-hybridized carbons (Fsp3) is 0.167. The van der Waals surface area contributed by atoms with Crippen molar-refractivity contribution in [1.82, 2.24) is 15.1 Å². The molecule has 0 bridgehead atoms. The summed E-state index contributed by atoms with van der Waals surface area (Å²) in [6.45, 7) is -0.0765. The molecule has 0 fully saturated rings. The normalized spacial score (nSPS) is 11.4. The molecule has 0 spiro atoms. The Hall–Kier alpha value is -3.36. The number of hydrogen-bond acceptors (Lipinski definition) is 4. The van der Waals surface area contributed by atoms with Crippen molar-refractivity contribution < 1.29 is 22.4 Å². The van der Waals surface area contributed by atoms with E-state index >= 15 is 0 Å². The zero-order chi connectivity index (χ0) is 19.4. The van der Waals surface area contributed by atoms with Crippen LogP contribution in [0.1, 0.15) is 15.9 Å². The SMILES string of the molecule is O=C(NCCn1nc(-c2ccco2)ccc1=O)c1ccccc1C(F)(F)F. The highest BCUT2D eigenvalue weighted by molar-refractivity contribution is 5.95. The molecular formula is C18H14F3N3O3. The molecule has 9 heteroatoms. The van der Waals surface area contributed by atoms with E-state index in [4.69, 9.17) is 4.42 Å². The first-order valence-electron chi connectivity index (χ1n) is 7.93. The smallest absolute Gasteiger partial charge is 0.417 e. The summed E-state index contributed by atoms with van der Waals surface area (Å²) >= 11 is 0. The molecule has 3 rings (SSSR count). The Balaban J connectivity index is 1.70. The highest BCUT2D eigenvalue weighted by Gasteiger charge is 2.34. The maximum Gasteiger partial charge on any atom is 0.417 e. The molecule has 0 atom stereocenters. The Morgan fingerprint density at radius 2 is 1.89 bits per heavy atom. The van der Waals surface area contributed by atoms with Gasteiger partial charge in [0.05, 0.1) is 23.9 Å². The Kier molecular flexibility index (Phi) is 5.11. The highest BCUT2D eigenvalue weighted by Crippen LogP contribution is 2.31. The summed E-state index contributed by atoms with van der Waals surface area (Å²) in [5, 5.41) is 6.50. The molecule has 1 N–H and O–H groups in total. The van der Waals surface area contributed by atoms with E-state index in [2.05, 4.69) is 10.4 Å². The minimum absolute atomic E-state index is 0.00664. The molecule has 3 aromatic rings. The van der Waals surface area contributed by atoms with Gasteiger partial charge in [-0.1, -0.05) is 12.1 Å². The zero-order valence-corrected chi connectivity index (χ0v) is 13.9. The number of nitrogens with one attached hydrogen (secondary N) is 1. The lowest BCUT2D eigenvalue weighted by Gasteiger charge is -2.13. The Labute approximate surface area is 151 Å². The number of hydrogen-bond donors (Lipinski definition) is 1. The van der Waals surface area contributed by atoms with Crippen LogP contribution in [-0.4, -0.2) is 22.2 Å². The van der Waals surface area contributed by atoms with Gasteiger partial charge in [-0.05, 0) is 30.3 Å². The van der Waals surface area contributed by atoms with Crippen LogP contribution < -0.4 is 10.9 Å². The van der Waals surface area contributed by atoms with E-state index in [1.165, 1.54) is 30.5 Å². The van der Waals surface area contributed by atoms with Gasteiger partial charge in [0.15, 0.2) is 5.76 Å². The summed E-state index contributed by atoms with van der Waals surface area (Å²) in [6, 6.07) is 10.6. The maximum absolute atomic E-state index is 13.0. The van der Waals surface area contributed by atoms with Crippen LogP contribution in [0.3, 0.4) is 0 Å². The lowest BCUT2D eigenvalue weighted by Crippen LogP contribution is -2.32. The van der Waals surface area contributed by atoms with Crippen molar-refractivity contribution in [2.24, 2.45) is 0 Å². The van der Waals surface area contributed by atoms with Crippen molar-refractivity contribution in [2.45, 2.75) is 12.7 Å². The first-order chi connectivity index (χ1) is 12.9. The number of nitrogens with zero attached hydrogens (tertiary/aromatic N) is 2. The van der Waals surface area contributed by atoms with E-state index in [1.54, 1.807) is 12.1 Å². The topological polar surface area (TPSA) is 77.1 Å². The van der Waals surface area contributed by atoms with Crippen LogP contribution >= 0.6 is 0 Å². The van der Waals surface area contributed by atoms with Gasteiger partial charge in [-0.2, -0.15) is 18.3 Å². The second-order valence-electron chi connectivity index (χ2n) is 5.56. The summed E-state index contributed by atoms with van der Waals surface area (Å²) < 4.78 is 45.3. The van der Waals surface area contributed by atoms with Crippen LogP contribution in [-0.2, 0) is 12.7 Å². The molecule has 0 saturated heterocycles. The third-order valence-electron chi connectivity index (χ3n) is 3.73. The minimum atomic E-state index is -4.64. The van der Waals surface area contributed by atoms with E-state index in [9.17, 15) is 22.8 Å². The Morgan fingerprint density at radius 3 is 2.59 bits per heavy atom. The Morgan fingerprint density at radius 1 is 1.11 bits per heavy atom. The monoisotopic (exact) mass is 377 g/mol. The predicted octanol–water partition coefficient (Wildman–Crippen LogP) is 2.95. The van der Waals surface area contributed by atoms with Gasteiger partial charge in [-0.3, -0.25) is 9.59 Å². The molecule has 0 radical (unpaired) electrons. The first-order valence-corrected chi connectivity index (χ1v) is 7.93. The van der Waals surface area contributed by atoms with Crippen LogP contribution in [0.15, 0.2) is 64.0 Å². The molecule has 0 aliphatic heterocycles. The number of amides is 1.